The maximum atomic E-state index is 12.7. The Morgan fingerprint density at radius 2 is 1.75 bits per heavy atom. The summed E-state index contributed by atoms with van der Waals surface area (Å²) < 4.78 is 17.6. The minimum Gasteiger partial charge on any atom is -0.480 e. The van der Waals surface area contributed by atoms with E-state index in [0.29, 0.717) is 6.42 Å². The summed E-state index contributed by atoms with van der Waals surface area (Å²) in [4.78, 5) is 46.3. The Hall–Kier alpha value is -2.42. The van der Waals surface area contributed by atoms with Crippen LogP contribution in [0, 0.1) is 11.8 Å². The van der Waals surface area contributed by atoms with Crippen LogP contribution in [-0.2, 0) is 25.5 Å². The van der Waals surface area contributed by atoms with Crippen molar-refractivity contribution in [3.8, 4) is 0 Å². The molecule has 11 heteroatoms. The zero-order valence-electron chi connectivity index (χ0n) is 18.9. The second-order valence-electron chi connectivity index (χ2n) is 8.12. The van der Waals surface area contributed by atoms with E-state index < -0.39 is 43.9 Å². The highest BCUT2D eigenvalue weighted by molar-refractivity contribution is 7.55. The summed E-state index contributed by atoms with van der Waals surface area (Å²) in [6, 6.07) is 6.71. The van der Waals surface area contributed by atoms with Crippen molar-refractivity contribution in [2.45, 2.75) is 59.2 Å². The molecule has 2 unspecified atom stereocenters. The molecule has 0 radical (unpaired) electrons. The van der Waals surface area contributed by atoms with E-state index >= 15 is 0 Å². The number of amides is 2. The lowest BCUT2D eigenvalue weighted by Crippen LogP contribution is -2.52. The van der Waals surface area contributed by atoms with Crippen molar-refractivity contribution in [3.63, 3.8) is 0 Å². The van der Waals surface area contributed by atoms with Crippen LogP contribution in [0.25, 0.3) is 0 Å². The molecule has 1 aromatic rings. The smallest absolute Gasteiger partial charge is 0.407 e. The second-order valence-corrected chi connectivity index (χ2v) is 10.1. The highest BCUT2D eigenvalue weighted by atomic mass is 31.2. The molecule has 0 saturated heterocycles. The Morgan fingerprint density at radius 3 is 2.28 bits per heavy atom. The fourth-order valence-corrected chi connectivity index (χ4v) is 4.01. The van der Waals surface area contributed by atoms with Gasteiger partial charge in [0.1, 0.15) is 18.9 Å². The molecular formula is C21H34N3O7P. The number of carboxylic acid groups (broad SMARTS) is 1. The van der Waals surface area contributed by atoms with Crippen molar-refractivity contribution < 1.29 is 33.7 Å². The lowest BCUT2D eigenvalue weighted by atomic mass is 9.98. The van der Waals surface area contributed by atoms with Gasteiger partial charge in [-0.05, 0) is 23.8 Å². The molecule has 0 aliphatic heterocycles. The first-order chi connectivity index (χ1) is 14.9. The summed E-state index contributed by atoms with van der Waals surface area (Å²) >= 11 is 0. The zero-order valence-corrected chi connectivity index (χ0v) is 19.8. The Morgan fingerprint density at radius 1 is 1.12 bits per heavy atom. The lowest BCUT2D eigenvalue weighted by molar-refractivity contribution is -0.143. The van der Waals surface area contributed by atoms with E-state index in [2.05, 4.69) is 15.7 Å². The summed E-state index contributed by atoms with van der Waals surface area (Å²) in [5, 5.41) is 16.5. The van der Waals surface area contributed by atoms with Gasteiger partial charge in [0.05, 0.1) is 6.04 Å². The third-order valence-corrected chi connectivity index (χ3v) is 6.11. The summed E-state index contributed by atoms with van der Waals surface area (Å²) in [6.07, 6.45) is -0.803. The molecule has 0 heterocycles. The van der Waals surface area contributed by atoms with Crippen LogP contribution in [0.5, 0.6) is 0 Å². The van der Waals surface area contributed by atoms with Gasteiger partial charge in [-0.1, -0.05) is 64.4 Å². The first-order valence-electron chi connectivity index (χ1n) is 10.5. The molecule has 180 valence electrons. The first kappa shape index (κ1) is 27.6. The highest BCUT2D eigenvalue weighted by Gasteiger charge is 2.33. The molecule has 0 spiro atoms. The van der Waals surface area contributed by atoms with Gasteiger partial charge in [0.25, 0.3) is 7.52 Å². The van der Waals surface area contributed by atoms with Crippen LogP contribution < -0.4 is 15.7 Å². The van der Waals surface area contributed by atoms with E-state index in [9.17, 15) is 28.9 Å². The summed E-state index contributed by atoms with van der Waals surface area (Å²) in [5.41, 5.74) is 0.760. The summed E-state index contributed by atoms with van der Waals surface area (Å²) in [6.45, 7) is 7.16. The molecule has 32 heavy (non-hydrogen) atoms. The van der Waals surface area contributed by atoms with Crippen LogP contribution in [-0.4, -0.2) is 46.3 Å². The van der Waals surface area contributed by atoms with Crippen molar-refractivity contribution in [1.82, 2.24) is 15.7 Å². The number of nitrogens with one attached hydrogen (secondary N) is 3. The van der Waals surface area contributed by atoms with Crippen molar-refractivity contribution in [2.24, 2.45) is 11.8 Å². The van der Waals surface area contributed by atoms with Crippen LogP contribution in [0.2, 0.25) is 0 Å². The van der Waals surface area contributed by atoms with E-state index in [-0.39, 0.29) is 24.9 Å². The SMILES string of the molecule is CCC(C)[C@H](NC(=O)[C@H](CC(C)C)NP(=O)(O)CNC(=O)OCc1ccccc1)C(=O)O. The minimum absolute atomic E-state index is 0.000399. The van der Waals surface area contributed by atoms with Crippen molar-refractivity contribution in [3.05, 3.63) is 35.9 Å². The van der Waals surface area contributed by atoms with Crippen LogP contribution in [0.1, 0.15) is 46.1 Å². The second kappa shape index (κ2) is 13.2. The third kappa shape index (κ3) is 10.3. The van der Waals surface area contributed by atoms with E-state index in [0.717, 1.165) is 5.56 Å². The largest absolute Gasteiger partial charge is 0.480 e. The molecule has 0 bridgehead atoms. The number of carbonyl (C=O) groups excluding carboxylic acids is 2. The first-order valence-corrected chi connectivity index (χ1v) is 12.4. The van der Waals surface area contributed by atoms with E-state index in [4.69, 9.17) is 4.74 Å². The monoisotopic (exact) mass is 471 g/mol. The van der Waals surface area contributed by atoms with Crippen molar-refractivity contribution in [2.75, 3.05) is 6.29 Å². The molecule has 10 nitrogen and oxygen atoms in total. The Kier molecular flexibility index (Phi) is 11.4. The van der Waals surface area contributed by atoms with Gasteiger partial charge in [0.2, 0.25) is 5.91 Å². The number of hydrogen-bond donors (Lipinski definition) is 5. The maximum absolute atomic E-state index is 12.7. The van der Waals surface area contributed by atoms with E-state index in [1.807, 2.05) is 19.9 Å². The highest BCUT2D eigenvalue weighted by Crippen LogP contribution is 2.35. The van der Waals surface area contributed by atoms with Gasteiger partial charge in [-0.3, -0.25) is 9.36 Å². The number of ether oxygens (including phenoxy) is 1. The summed E-state index contributed by atoms with van der Waals surface area (Å²) in [5.74, 6) is -2.20. The Bertz CT molecular complexity index is 804. The third-order valence-electron chi connectivity index (χ3n) is 4.81. The predicted molar refractivity (Wildman–Crippen MR) is 120 cm³/mol. The van der Waals surface area contributed by atoms with Crippen molar-refractivity contribution in [1.29, 1.82) is 0 Å². The number of benzene rings is 1. The molecule has 0 aliphatic carbocycles. The fourth-order valence-electron chi connectivity index (χ4n) is 2.86. The van der Waals surface area contributed by atoms with Crippen LogP contribution >= 0.6 is 7.52 Å². The molecule has 0 fully saturated rings. The molecule has 0 saturated carbocycles. The average Bonchev–Trinajstić information content (AvgIpc) is 2.73. The van der Waals surface area contributed by atoms with E-state index in [1.165, 1.54) is 0 Å². The van der Waals surface area contributed by atoms with Gasteiger partial charge in [-0.2, -0.15) is 0 Å². The maximum Gasteiger partial charge on any atom is 0.407 e. The minimum atomic E-state index is -4.18. The van der Waals surface area contributed by atoms with Gasteiger partial charge in [-0.25, -0.2) is 14.7 Å². The fraction of sp³-hybridized carbons (Fsp3) is 0.571. The molecular weight excluding hydrogens is 437 g/mol. The molecule has 1 aromatic carbocycles. The van der Waals surface area contributed by atoms with Gasteiger partial charge >= 0.3 is 12.1 Å². The molecule has 0 aromatic heterocycles. The van der Waals surface area contributed by atoms with Crippen LogP contribution in [0.15, 0.2) is 30.3 Å². The number of hydrogen-bond acceptors (Lipinski definition) is 5. The summed E-state index contributed by atoms with van der Waals surface area (Å²) in [7, 11) is -4.18. The van der Waals surface area contributed by atoms with Gasteiger partial charge < -0.3 is 25.4 Å². The van der Waals surface area contributed by atoms with Crippen LogP contribution in [0.3, 0.4) is 0 Å². The number of carboxylic acids is 1. The van der Waals surface area contributed by atoms with Crippen LogP contribution in [0.4, 0.5) is 4.79 Å². The predicted octanol–water partition coefficient (Wildman–Crippen LogP) is 2.68. The number of alkyl carbamates (subject to hydrolysis) is 1. The standard InChI is InChI=1S/C21H34N3O7P/c1-5-15(4)18(20(26)27)23-19(25)17(11-14(2)3)24-32(29,30)13-22-21(28)31-12-16-9-7-6-8-10-16/h6-10,14-15,17-18H,5,11-13H2,1-4H3,(H,22,28)(H,23,25)(H,26,27)(H2,24,29,30)/t15?,17-,18-/m0/s1. The molecule has 1 rings (SSSR count). The van der Waals surface area contributed by atoms with Gasteiger partial charge in [-0.15, -0.1) is 0 Å². The van der Waals surface area contributed by atoms with Gasteiger partial charge in [0, 0.05) is 0 Å². The zero-order chi connectivity index (χ0) is 24.3. The lowest BCUT2D eigenvalue weighted by Gasteiger charge is -2.26. The number of aliphatic carboxylic acids is 1. The molecule has 4 atom stereocenters. The van der Waals surface area contributed by atoms with E-state index in [1.54, 1.807) is 38.1 Å². The quantitative estimate of drug-likeness (QED) is 0.275. The number of carbonyl (C=O) groups is 3. The molecule has 2 amide bonds. The van der Waals surface area contributed by atoms with Gasteiger partial charge in [0.15, 0.2) is 0 Å². The Labute approximate surface area is 188 Å². The topological polar surface area (TPSA) is 154 Å². The molecule has 5 N–H and O–H groups in total. The molecule has 0 aliphatic rings. The Balaban J connectivity index is 2.70. The normalized spacial score (nSPS) is 15.8. The number of rotatable bonds is 13. The average molecular weight is 471 g/mol. The van der Waals surface area contributed by atoms with Crippen molar-refractivity contribution >= 4 is 25.5 Å².